The van der Waals surface area contributed by atoms with Gasteiger partial charge in [-0.3, -0.25) is 9.69 Å². The molecule has 1 saturated heterocycles. The molecule has 1 heterocycles. The summed E-state index contributed by atoms with van der Waals surface area (Å²) < 4.78 is 30.8. The number of carbonyl (C=O) groups excluding carboxylic acids is 2. The summed E-state index contributed by atoms with van der Waals surface area (Å²) in [4.78, 5) is 30.0. The van der Waals surface area contributed by atoms with Gasteiger partial charge in [0.25, 0.3) is 0 Å². The van der Waals surface area contributed by atoms with Crippen molar-refractivity contribution in [3.05, 3.63) is 34.5 Å². The molecule has 1 aromatic carbocycles. The molecule has 1 fully saturated rings. The average molecular weight is 437 g/mol. The third-order valence-electron chi connectivity index (χ3n) is 4.28. The van der Waals surface area contributed by atoms with Gasteiger partial charge in [-0.15, -0.1) is 0 Å². The predicted molar refractivity (Wildman–Crippen MR) is 113 cm³/mol. The third-order valence-corrected chi connectivity index (χ3v) is 4.28. The lowest BCUT2D eigenvalue weighted by Crippen LogP contribution is -2.43. The number of rotatable bonds is 7. The zero-order chi connectivity index (χ0) is 23.0. The number of carbonyl (C=O) groups is 2. The molecule has 0 N–H and O–H groups in total. The topological polar surface area (TPSA) is 117 Å². The van der Waals surface area contributed by atoms with Crippen LogP contribution in [0.5, 0.6) is 0 Å². The summed E-state index contributed by atoms with van der Waals surface area (Å²) in [6.07, 6.45) is -1.67. The first-order valence-corrected chi connectivity index (χ1v) is 9.91. The lowest BCUT2D eigenvalue weighted by Gasteiger charge is -2.31. The van der Waals surface area contributed by atoms with E-state index in [2.05, 4.69) is 10.0 Å². The van der Waals surface area contributed by atoms with Gasteiger partial charge in [0.2, 0.25) is 0 Å². The van der Waals surface area contributed by atoms with E-state index in [-0.39, 0.29) is 18.8 Å². The molecule has 1 amide bonds. The summed E-state index contributed by atoms with van der Waals surface area (Å²) in [6, 6.07) is 4.41. The van der Waals surface area contributed by atoms with Gasteiger partial charge in [0, 0.05) is 24.9 Å². The van der Waals surface area contributed by atoms with E-state index in [9.17, 15) is 14.0 Å². The number of hydrogen-bond acceptors (Lipinski definition) is 7. The van der Waals surface area contributed by atoms with Gasteiger partial charge in [-0.25, -0.2) is 9.18 Å². The predicted octanol–water partition coefficient (Wildman–Crippen LogP) is 3.65. The van der Waals surface area contributed by atoms with Crippen molar-refractivity contribution in [1.82, 2.24) is 0 Å². The van der Waals surface area contributed by atoms with Gasteiger partial charge in [-0.2, -0.15) is 0 Å². The van der Waals surface area contributed by atoms with Crippen molar-refractivity contribution in [3.63, 3.8) is 0 Å². The normalized spacial score (nSPS) is 14.9. The Bertz CT molecular complexity index is 828. The molecular weight excluding hydrogens is 409 g/mol. The first kappa shape index (κ1) is 24.2. The molecule has 2 rings (SSSR count). The first-order valence-electron chi connectivity index (χ1n) is 9.91. The molecule has 0 aliphatic carbocycles. The molecule has 0 radical (unpaired) electrons. The molecule has 0 spiro atoms. The summed E-state index contributed by atoms with van der Waals surface area (Å²) in [5, 5.41) is 3.43. The largest absolute Gasteiger partial charge is 0.461 e. The summed E-state index contributed by atoms with van der Waals surface area (Å²) in [5.74, 6) is -1.11. The fourth-order valence-corrected chi connectivity index (χ4v) is 3.02. The van der Waals surface area contributed by atoms with Crippen molar-refractivity contribution < 1.29 is 28.2 Å². The second kappa shape index (κ2) is 10.8. The van der Waals surface area contributed by atoms with Crippen molar-refractivity contribution in [3.8, 4) is 0 Å². The minimum atomic E-state index is -0.928. The second-order valence-electron chi connectivity index (χ2n) is 7.97. The highest BCUT2D eigenvalue weighted by Crippen LogP contribution is 2.27. The maximum atomic E-state index is 14.9. The van der Waals surface area contributed by atoms with Gasteiger partial charge >= 0.3 is 12.1 Å². The van der Waals surface area contributed by atoms with E-state index in [1.807, 2.05) is 4.90 Å². The number of halogens is 1. The van der Waals surface area contributed by atoms with Crippen LogP contribution in [0.1, 0.15) is 27.7 Å². The highest BCUT2D eigenvalue weighted by Gasteiger charge is 2.28. The number of amides is 1. The van der Waals surface area contributed by atoms with Gasteiger partial charge in [0.15, 0.2) is 0 Å². The van der Waals surface area contributed by atoms with Gasteiger partial charge < -0.3 is 19.1 Å². The number of esters is 1. The molecule has 1 aliphatic heterocycles. The van der Waals surface area contributed by atoms with Crippen LogP contribution in [0.3, 0.4) is 0 Å². The maximum Gasteiger partial charge on any atom is 0.414 e. The Morgan fingerprint density at radius 2 is 2.03 bits per heavy atom. The fraction of sp³-hybridized carbons (Fsp3) is 0.600. The summed E-state index contributed by atoms with van der Waals surface area (Å²) >= 11 is 0. The lowest BCUT2D eigenvalue weighted by molar-refractivity contribution is -0.145. The minimum absolute atomic E-state index is 0.177. The molecule has 10 nitrogen and oxygen atoms in total. The zero-order valence-corrected chi connectivity index (χ0v) is 18.2. The fourth-order valence-electron chi connectivity index (χ4n) is 3.02. The van der Waals surface area contributed by atoms with Crippen LogP contribution < -0.4 is 9.80 Å². The third kappa shape index (κ3) is 7.62. The van der Waals surface area contributed by atoms with Gasteiger partial charge in [-0.1, -0.05) is 5.11 Å². The molecular formula is C20H28FN5O5. The number of benzene rings is 1. The summed E-state index contributed by atoms with van der Waals surface area (Å²) in [6.45, 7) is 8.09. The van der Waals surface area contributed by atoms with Gasteiger partial charge in [0.05, 0.1) is 37.7 Å². The molecule has 1 atom stereocenters. The molecule has 1 aliphatic rings. The van der Waals surface area contributed by atoms with E-state index in [4.69, 9.17) is 19.7 Å². The Kier molecular flexibility index (Phi) is 8.47. The van der Waals surface area contributed by atoms with Crippen molar-refractivity contribution in [1.29, 1.82) is 0 Å². The Hall–Kier alpha value is -3.04. The molecule has 0 saturated carbocycles. The number of hydrogen-bond donors (Lipinski definition) is 0. The number of nitrogens with zero attached hydrogens (tertiary/aromatic N) is 5. The monoisotopic (exact) mass is 437 g/mol. The minimum Gasteiger partial charge on any atom is -0.461 e. The highest BCUT2D eigenvalue weighted by atomic mass is 19.1. The van der Waals surface area contributed by atoms with Crippen molar-refractivity contribution in [2.24, 2.45) is 5.11 Å². The second-order valence-corrected chi connectivity index (χ2v) is 7.97. The van der Waals surface area contributed by atoms with E-state index in [0.717, 1.165) is 4.90 Å². The van der Waals surface area contributed by atoms with Crippen LogP contribution in [-0.4, -0.2) is 63.2 Å². The van der Waals surface area contributed by atoms with Gasteiger partial charge in [-0.05, 0) is 44.5 Å². The number of morpholine rings is 1. The Balaban J connectivity index is 2.34. The standard InChI is InChI=1S/C20H28FN5O5/c1-14(27)30-16(12-23-24-22)13-26(19(28)31-20(2,3)4)15-5-6-18(17(21)11-15)25-7-9-29-10-8-25/h5-6,11,16H,7-10,12-13H2,1-4H3/t16-/m0/s1. The first-order chi connectivity index (χ1) is 14.6. The van der Waals surface area contributed by atoms with E-state index in [1.54, 1.807) is 32.9 Å². The van der Waals surface area contributed by atoms with Crippen molar-refractivity contribution >= 4 is 23.4 Å². The van der Waals surface area contributed by atoms with Gasteiger partial charge in [0.1, 0.15) is 17.5 Å². The summed E-state index contributed by atoms with van der Waals surface area (Å²) in [7, 11) is 0. The Morgan fingerprint density at radius 1 is 1.35 bits per heavy atom. The Labute approximate surface area is 180 Å². The van der Waals surface area contributed by atoms with Crippen molar-refractivity contribution in [2.45, 2.75) is 39.4 Å². The number of anilines is 2. The molecule has 0 aromatic heterocycles. The quantitative estimate of drug-likeness (QED) is 0.278. The van der Waals surface area contributed by atoms with E-state index >= 15 is 0 Å². The van der Waals surface area contributed by atoms with Crippen LogP contribution in [0.15, 0.2) is 23.3 Å². The van der Waals surface area contributed by atoms with Crippen molar-refractivity contribution in [2.75, 3.05) is 49.2 Å². The molecule has 31 heavy (non-hydrogen) atoms. The molecule has 0 unspecified atom stereocenters. The average Bonchev–Trinajstić information content (AvgIpc) is 2.68. The molecule has 0 bridgehead atoms. The zero-order valence-electron chi connectivity index (χ0n) is 18.2. The Morgan fingerprint density at radius 3 is 2.58 bits per heavy atom. The SMILES string of the molecule is CC(=O)O[C@@H](CN=[N+]=[N-])CN(C(=O)OC(C)(C)C)c1ccc(N2CCOCC2)c(F)c1. The van der Waals surface area contributed by atoms with Crippen LogP contribution in [0.4, 0.5) is 20.6 Å². The van der Waals surface area contributed by atoms with Crippen LogP contribution in [-0.2, 0) is 19.0 Å². The number of ether oxygens (including phenoxy) is 3. The van der Waals surface area contributed by atoms with E-state index in [1.165, 1.54) is 13.0 Å². The van der Waals surface area contributed by atoms with E-state index < -0.39 is 29.6 Å². The van der Waals surface area contributed by atoms with Crippen LogP contribution in [0, 0.1) is 5.82 Å². The van der Waals surface area contributed by atoms with Crippen LogP contribution >= 0.6 is 0 Å². The van der Waals surface area contributed by atoms with Crippen LogP contribution in [0.25, 0.3) is 10.4 Å². The highest BCUT2D eigenvalue weighted by molar-refractivity contribution is 5.88. The molecule has 1 aromatic rings. The smallest absolute Gasteiger partial charge is 0.414 e. The summed E-state index contributed by atoms with van der Waals surface area (Å²) in [5.41, 5.74) is 8.43. The number of azide groups is 1. The molecule has 11 heteroatoms. The van der Waals surface area contributed by atoms with E-state index in [0.29, 0.717) is 32.0 Å². The molecule has 170 valence electrons. The lowest BCUT2D eigenvalue weighted by atomic mass is 10.2. The van der Waals surface area contributed by atoms with Crippen LogP contribution in [0.2, 0.25) is 0 Å². The maximum absolute atomic E-state index is 14.9.